The molecular weight excluding hydrogens is 360 g/mol. The summed E-state index contributed by atoms with van der Waals surface area (Å²) in [6, 6.07) is 9.05. The summed E-state index contributed by atoms with van der Waals surface area (Å²) in [5.41, 5.74) is 2.32. The maximum Gasteiger partial charge on any atom is 0.255 e. The summed E-state index contributed by atoms with van der Waals surface area (Å²) in [5, 5.41) is 2.79. The predicted molar refractivity (Wildman–Crippen MR) is 78.8 cm³/mol. The number of pyridine rings is 1. The summed E-state index contributed by atoms with van der Waals surface area (Å²) >= 11 is 6.65. The summed E-state index contributed by atoms with van der Waals surface area (Å²) in [6.07, 6.45) is 1.60. The smallest absolute Gasteiger partial charge is 0.255 e. The highest BCUT2D eigenvalue weighted by Gasteiger charge is 2.07. The van der Waals surface area contributed by atoms with Gasteiger partial charge in [0.25, 0.3) is 5.91 Å². The molecule has 1 amide bonds. The number of nitrogens with one attached hydrogen (secondary N) is 1. The number of aryl methyl sites for hydroxylation is 1. The molecule has 1 aromatic heterocycles. The van der Waals surface area contributed by atoms with Gasteiger partial charge in [0.15, 0.2) is 0 Å². The molecule has 3 nitrogen and oxygen atoms in total. The molecular formula is C13H10Br2N2O. The zero-order valence-electron chi connectivity index (χ0n) is 9.58. The van der Waals surface area contributed by atoms with Gasteiger partial charge < -0.3 is 5.32 Å². The van der Waals surface area contributed by atoms with Gasteiger partial charge in [-0.2, -0.15) is 0 Å². The van der Waals surface area contributed by atoms with Gasteiger partial charge in [-0.3, -0.25) is 4.79 Å². The van der Waals surface area contributed by atoms with Crippen LogP contribution in [0.25, 0.3) is 0 Å². The number of rotatable bonds is 2. The van der Waals surface area contributed by atoms with Crippen molar-refractivity contribution < 1.29 is 4.79 Å². The average molecular weight is 370 g/mol. The Morgan fingerprint density at radius 1 is 1.22 bits per heavy atom. The first kappa shape index (κ1) is 13.2. The van der Waals surface area contributed by atoms with Gasteiger partial charge in [-0.15, -0.1) is 0 Å². The van der Waals surface area contributed by atoms with E-state index in [1.807, 2.05) is 19.1 Å². The van der Waals surface area contributed by atoms with Crippen LogP contribution >= 0.6 is 31.9 Å². The zero-order valence-corrected chi connectivity index (χ0v) is 12.7. The molecule has 0 aliphatic rings. The van der Waals surface area contributed by atoms with E-state index in [0.717, 1.165) is 14.6 Å². The zero-order chi connectivity index (χ0) is 13.1. The van der Waals surface area contributed by atoms with Crippen LogP contribution in [0.3, 0.4) is 0 Å². The highest BCUT2D eigenvalue weighted by molar-refractivity contribution is 9.10. The lowest BCUT2D eigenvalue weighted by Crippen LogP contribution is -2.12. The Bertz CT molecular complexity index is 582. The first-order valence-corrected chi connectivity index (χ1v) is 6.84. The average Bonchev–Trinajstić information content (AvgIpc) is 2.35. The molecule has 2 aromatic rings. The van der Waals surface area contributed by atoms with Crippen molar-refractivity contribution in [3.63, 3.8) is 0 Å². The molecule has 5 heteroatoms. The minimum absolute atomic E-state index is 0.144. The van der Waals surface area contributed by atoms with Crippen LogP contribution in [0.2, 0.25) is 0 Å². The number of carbonyl (C=O) groups excluding carboxylic acids is 1. The number of aromatic nitrogens is 1. The maximum absolute atomic E-state index is 12.0. The third kappa shape index (κ3) is 3.17. The van der Waals surface area contributed by atoms with Crippen molar-refractivity contribution in [3.05, 3.63) is 56.7 Å². The molecule has 0 saturated carbocycles. The van der Waals surface area contributed by atoms with Crippen molar-refractivity contribution in [2.45, 2.75) is 6.92 Å². The lowest BCUT2D eigenvalue weighted by Gasteiger charge is -2.06. The van der Waals surface area contributed by atoms with E-state index >= 15 is 0 Å². The Balaban J connectivity index is 2.16. The van der Waals surface area contributed by atoms with Crippen molar-refractivity contribution in [2.24, 2.45) is 0 Å². The van der Waals surface area contributed by atoms with Crippen LogP contribution < -0.4 is 5.32 Å². The molecule has 0 fully saturated rings. The van der Waals surface area contributed by atoms with Gasteiger partial charge >= 0.3 is 0 Å². The molecule has 1 aromatic carbocycles. The second-order valence-electron chi connectivity index (χ2n) is 3.79. The second kappa shape index (κ2) is 5.63. The SMILES string of the molecule is Cc1cc(C(=O)Nc2ccc(Br)nc2)ccc1Br. The lowest BCUT2D eigenvalue weighted by atomic mass is 10.1. The fourth-order valence-electron chi connectivity index (χ4n) is 1.44. The summed E-state index contributed by atoms with van der Waals surface area (Å²) in [5.74, 6) is -0.144. The quantitative estimate of drug-likeness (QED) is 0.807. The summed E-state index contributed by atoms with van der Waals surface area (Å²) < 4.78 is 1.73. The van der Waals surface area contributed by atoms with Gasteiger partial charge in [0, 0.05) is 10.0 Å². The molecule has 0 bridgehead atoms. The minimum atomic E-state index is -0.144. The molecule has 18 heavy (non-hydrogen) atoms. The largest absolute Gasteiger partial charge is 0.321 e. The van der Waals surface area contributed by atoms with E-state index in [4.69, 9.17) is 0 Å². The molecule has 92 valence electrons. The topological polar surface area (TPSA) is 42.0 Å². The molecule has 0 aliphatic heterocycles. The van der Waals surface area contributed by atoms with Gasteiger partial charge in [0.05, 0.1) is 11.9 Å². The molecule has 2 rings (SSSR count). The second-order valence-corrected chi connectivity index (χ2v) is 5.45. The van der Waals surface area contributed by atoms with Gasteiger partial charge in [-0.05, 0) is 58.7 Å². The van der Waals surface area contributed by atoms with Crippen LogP contribution in [0.15, 0.2) is 45.6 Å². The van der Waals surface area contributed by atoms with Crippen LogP contribution in [0.4, 0.5) is 5.69 Å². The number of hydrogen-bond donors (Lipinski definition) is 1. The molecule has 0 saturated heterocycles. The van der Waals surface area contributed by atoms with Crippen molar-refractivity contribution in [1.29, 1.82) is 0 Å². The fraction of sp³-hybridized carbons (Fsp3) is 0.0769. The highest BCUT2D eigenvalue weighted by atomic mass is 79.9. The molecule has 0 atom stereocenters. The summed E-state index contributed by atoms with van der Waals surface area (Å²) in [4.78, 5) is 16.0. The van der Waals surface area contributed by atoms with Gasteiger partial charge in [0.1, 0.15) is 4.60 Å². The first-order valence-electron chi connectivity index (χ1n) is 5.25. The van der Waals surface area contributed by atoms with Crippen molar-refractivity contribution in [3.8, 4) is 0 Å². The standard InChI is InChI=1S/C13H10Br2N2O/c1-8-6-9(2-4-11(8)14)13(18)17-10-3-5-12(15)16-7-10/h2-7H,1H3,(H,17,18). The number of halogens is 2. The Kier molecular flexibility index (Phi) is 4.14. The Morgan fingerprint density at radius 3 is 2.61 bits per heavy atom. The fourth-order valence-corrected chi connectivity index (χ4v) is 1.92. The number of benzene rings is 1. The maximum atomic E-state index is 12.0. The van der Waals surface area contributed by atoms with Gasteiger partial charge in [0.2, 0.25) is 0 Å². The number of nitrogens with zero attached hydrogens (tertiary/aromatic N) is 1. The van der Waals surface area contributed by atoms with Crippen molar-refractivity contribution in [2.75, 3.05) is 5.32 Å². The summed E-state index contributed by atoms with van der Waals surface area (Å²) in [7, 11) is 0. The van der Waals surface area contributed by atoms with E-state index in [9.17, 15) is 4.79 Å². The Hall–Kier alpha value is -1.20. The van der Waals surface area contributed by atoms with Crippen LogP contribution in [0.5, 0.6) is 0 Å². The van der Waals surface area contributed by atoms with Gasteiger partial charge in [-0.1, -0.05) is 15.9 Å². The monoisotopic (exact) mass is 368 g/mol. The third-order valence-electron chi connectivity index (χ3n) is 2.41. The number of amides is 1. The highest BCUT2D eigenvalue weighted by Crippen LogP contribution is 2.18. The van der Waals surface area contributed by atoms with E-state index in [1.54, 1.807) is 24.4 Å². The molecule has 0 radical (unpaired) electrons. The van der Waals surface area contributed by atoms with E-state index in [0.29, 0.717) is 11.3 Å². The molecule has 0 aliphatic carbocycles. The first-order chi connectivity index (χ1) is 8.56. The van der Waals surface area contributed by atoms with Crippen LogP contribution in [-0.4, -0.2) is 10.9 Å². The molecule has 1 N–H and O–H groups in total. The van der Waals surface area contributed by atoms with E-state index in [-0.39, 0.29) is 5.91 Å². The lowest BCUT2D eigenvalue weighted by molar-refractivity contribution is 0.102. The van der Waals surface area contributed by atoms with Crippen molar-refractivity contribution in [1.82, 2.24) is 4.98 Å². The Labute approximate surface area is 122 Å². The predicted octanol–water partition coefficient (Wildman–Crippen LogP) is 4.17. The van der Waals surface area contributed by atoms with Crippen LogP contribution in [0, 0.1) is 6.92 Å². The van der Waals surface area contributed by atoms with Crippen molar-refractivity contribution >= 4 is 43.5 Å². The number of hydrogen-bond acceptors (Lipinski definition) is 2. The minimum Gasteiger partial charge on any atom is -0.321 e. The van der Waals surface area contributed by atoms with Crippen LogP contribution in [0.1, 0.15) is 15.9 Å². The molecule has 1 heterocycles. The van der Waals surface area contributed by atoms with E-state index in [1.165, 1.54) is 0 Å². The number of carbonyl (C=O) groups is 1. The summed E-state index contributed by atoms with van der Waals surface area (Å²) in [6.45, 7) is 1.95. The van der Waals surface area contributed by atoms with Crippen LogP contribution in [-0.2, 0) is 0 Å². The number of anilines is 1. The van der Waals surface area contributed by atoms with E-state index < -0.39 is 0 Å². The Morgan fingerprint density at radius 2 is 2.00 bits per heavy atom. The molecule has 0 unspecified atom stereocenters. The molecule has 0 spiro atoms. The third-order valence-corrected chi connectivity index (χ3v) is 3.76. The van der Waals surface area contributed by atoms with Gasteiger partial charge in [-0.25, -0.2) is 4.98 Å². The normalized spacial score (nSPS) is 10.2. The van der Waals surface area contributed by atoms with E-state index in [2.05, 4.69) is 42.2 Å².